The second-order valence-electron chi connectivity index (χ2n) is 5.44. The summed E-state index contributed by atoms with van der Waals surface area (Å²) in [5, 5.41) is 6.98. The van der Waals surface area contributed by atoms with Gasteiger partial charge < -0.3 is 15.1 Å². The average molecular weight is 474 g/mol. The maximum Gasteiger partial charge on any atom is 0.390 e. The Kier molecular flexibility index (Phi) is 7.96. The molecule has 1 saturated heterocycles. The van der Waals surface area contributed by atoms with Gasteiger partial charge in [-0.1, -0.05) is 0 Å². The molecule has 1 aromatic rings. The third-order valence-electron chi connectivity index (χ3n) is 3.51. The lowest BCUT2D eigenvalue weighted by atomic mass is 10.3. The Bertz CT molecular complexity index is 604. The number of hydrogen-bond donors (Lipinski definition) is 1. The molecule has 0 radical (unpaired) electrons. The predicted octanol–water partition coefficient (Wildman–Crippen LogP) is 1.60. The predicted molar refractivity (Wildman–Crippen MR) is 99.2 cm³/mol. The second-order valence-corrected chi connectivity index (χ2v) is 5.44. The Labute approximate surface area is 161 Å². The lowest BCUT2D eigenvalue weighted by Gasteiger charge is -2.35. The maximum absolute atomic E-state index is 12.3. The van der Waals surface area contributed by atoms with Crippen molar-refractivity contribution in [3.63, 3.8) is 0 Å². The molecule has 0 atom stereocenters. The number of nitrogens with one attached hydrogen (secondary N) is 1. The van der Waals surface area contributed by atoms with E-state index < -0.39 is 12.6 Å². The monoisotopic (exact) mass is 474 g/mol. The zero-order chi connectivity index (χ0) is 17.7. The van der Waals surface area contributed by atoms with Crippen LogP contribution >= 0.6 is 24.0 Å². The van der Waals surface area contributed by atoms with Gasteiger partial charge in [0.05, 0.1) is 24.8 Å². The van der Waals surface area contributed by atoms with Crippen molar-refractivity contribution in [2.45, 2.75) is 19.5 Å². The minimum atomic E-state index is -4.24. The van der Waals surface area contributed by atoms with E-state index in [1.54, 1.807) is 33.9 Å². The van der Waals surface area contributed by atoms with Crippen LogP contribution in [-0.2, 0) is 11.8 Å². The number of hydrogen-bond acceptors (Lipinski definition) is 3. The normalized spacial score (nSPS) is 16.0. The van der Waals surface area contributed by atoms with Gasteiger partial charge in [0, 0.05) is 32.9 Å². The molecule has 1 aliphatic heterocycles. The number of amides is 1. The number of nitrogens with zero attached hydrogens (tertiary/aromatic N) is 5. The van der Waals surface area contributed by atoms with E-state index in [0.717, 1.165) is 0 Å². The van der Waals surface area contributed by atoms with Crippen LogP contribution in [0, 0.1) is 0 Å². The summed E-state index contributed by atoms with van der Waals surface area (Å²) in [4.78, 5) is 19.6. The van der Waals surface area contributed by atoms with Gasteiger partial charge >= 0.3 is 6.18 Å². The lowest BCUT2D eigenvalue weighted by molar-refractivity contribution is -0.132. The summed E-state index contributed by atoms with van der Waals surface area (Å²) in [5.41, 5.74) is 0.709. The number of alkyl halides is 3. The number of piperazine rings is 1. The SMILES string of the molecule is CCNC(=NCCC(F)(F)F)N1CCN(c2cnn(C)c2)C(=O)C1.I. The molecule has 1 aliphatic rings. The van der Waals surface area contributed by atoms with Crippen molar-refractivity contribution in [2.75, 3.05) is 37.6 Å². The van der Waals surface area contributed by atoms with E-state index >= 15 is 0 Å². The van der Waals surface area contributed by atoms with Crippen LogP contribution in [0.3, 0.4) is 0 Å². The molecule has 0 unspecified atom stereocenters. The summed E-state index contributed by atoms with van der Waals surface area (Å²) in [6, 6.07) is 0. The number of aliphatic imine (C=N–C) groups is 1. The van der Waals surface area contributed by atoms with Gasteiger partial charge in [0.2, 0.25) is 5.91 Å². The first-order valence-corrected chi connectivity index (χ1v) is 7.69. The third-order valence-corrected chi connectivity index (χ3v) is 3.51. The number of aromatic nitrogens is 2. The number of aryl methyl sites for hydroxylation is 1. The van der Waals surface area contributed by atoms with Crippen molar-refractivity contribution in [1.82, 2.24) is 20.0 Å². The summed E-state index contributed by atoms with van der Waals surface area (Å²) in [5.74, 6) is 0.191. The van der Waals surface area contributed by atoms with Gasteiger partial charge in [0.25, 0.3) is 0 Å². The minimum absolute atomic E-state index is 0. The molecule has 0 aliphatic carbocycles. The van der Waals surface area contributed by atoms with Gasteiger partial charge in [-0.05, 0) is 6.92 Å². The van der Waals surface area contributed by atoms with Crippen molar-refractivity contribution in [3.05, 3.63) is 12.4 Å². The average Bonchev–Trinajstić information content (AvgIpc) is 2.91. The van der Waals surface area contributed by atoms with Gasteiger partial charge in [0.15, 0.2) is 5.96 Å². The van der Waals surface area contributed by atoms with Crippen LogP contribution in [0.2, 0.25) is 0 Å². The standard InChI is InChI=1S/C14H21F3N6O.HI/c1-3-18-13(19-5-4-14(15,16)17)22-6-7-23(12(24)10-22)11-8-20-21(2)9-11;/h8-9H,3-7,10H2,1-2H3,(H,18,19);1H. The molecule has 142 valence electrons. The Morgan fingerprint density at radius 2 is 2.12 bits per heavy atom. The van der Waals surface area contributed by atoms with Crippen LogP contribution in [0.1, 0.15) is 13.3 Å². The van der Waals surface area contributed by atoms with Gasteiger partial charge in [-0.25, -0.2) is 0 Å². The summed E-state index contributed by atoms with van der Waals surface area (Å²) in [7, 11) is 1.76. The Balaban J connectivity index is 0.00000312. The largest absolute Gasteiger partial charge is 0.390 e. The fraction of sp³-hybridized carbons (Fsp3) is 0.643. The molecule has 2 rings (SSSR count). The molecule has 1 fully saturated rings. The molecule has 7 nitrogen and oxygen atoms in total. The number of halogens is 4. The topological polar surface area (TPSA) is 65.8 Å². The highest BCUT2D eigenvalue weighted by atomic mass is 127. The molecule has 2 heterocycles. The van der Waals surface area contributed by atoms with Gasteiger partial charge in [-0.15, -0.1) is 24.0 Å². The van der Waals surface area contributed by atoms with Crippen LogP contribution in [0.4, 0.5) is 18.9 Å². The van der Waals surface area contributed by atoms with E-state index in [0.29, 0.717) is 31.3 Å². The Morgan fingerprint density at radius 1 is 1.40 bits per heavy atom. The number of carbonyl (C=O) groups excluding carboxylic acids is 1. The van der Waals surface area contributed by atoms with Gasteiger partial charge in [-0.2, -0.15) is 18.3 Å². The van der Waals surface area contributed by atoms with Crippen LogP contribution in [0.5, 0.6) is 0 Å². The molecular weight excluding hydrogens is 452 g/mol. The molecule has 1 amide bonds. The summed E-state index contributed by atoms with van der Waals surface area (Å²) in [6.07, 6.45) is -1.87. The van der Waals surface area contributed by atoms with E-state index in [1.807, 2.05) is 6.92 Å². The number of anilines is 1. The first-order valence-electron chi connectivity index (χ1n) is 7.69. The molecule has 0 saturated carbocycles. The van der Waals surface area contributed by atoms with Gasteiger partial charge in [0.1, 0.15) is 6.54 Å². The molecule has 0 aromatic carbocycles. The molecule has 1 N–H and O–H groups in total. The van der Waals surface area contributed by atoms with Crippen molar-refractivity contribution in [3.8, 4) is 0 Å². The quantitative estimate of drug-likeness (QED) is 0.409. The molecule has 11 heteroatoms. The highest BCUT2D eigenvalue weighted by Gasteiger charge is 2.29. The summed E-state index contributed by atoms with van der Waals surface area (Å²) >= 11 is 0. The number of rotatable bonds is 4. The molecule has 1 aromatic heterocycles. The van der Waals surface area contributed by atoms with Crippen molar-refractivity contribution < 1.29 is 18.0 Å². The Morgan fingerprint density at radius 3 is 2.64 bits per heavy atom. The zero-order valence-corrected chi connectivity index (χ0v) is 16.4. The molecule has 0 bridgehead atoms. The maximum atomic E-state index is 12.3. The van der Waals surface area contributed by atoms with Crippen LogP contribution in [-0.4, -0.2) is 65.4 Å². The summed E-state index contributed by atoms with van der Waals surface area (Å²) < 4.78 is 38.4. The molecular formula is C14H22F3IN6O. The van der Waals surface area contributed by atoms with E-state index in [1.165, 1.54) is 0 Å². The van der Waals surface area contributed by atoms with Crippen molar-refractivity contribution in [2.24, 2.45) is 12.0 Å². The van der Waals surface area contributed by atoms with Crippen LogP contribution in [0.25, 0.3) is 0 Å². The van der Waals surface area contributed by atoms with Crippen molar-refractivity contribution >= 4 is 41.5 Å². The van der Waals surface area contributed by atoms with Gasteiger partial charge in [-0.3, -0.25) is 14.5 Å². The highest BCUT2D eigenvalue weighted by molar-refractivity contribution is 14.0. The first kappa shape index (κ1) is 21.5. The second kappa shape index (κ2) is 9.25. The fourth-order valence-corrected chi connectivity index (χ4v) is 2.39. The van der Waals surface area contributed by atoms with E-state index in [9.17, 15) is 18.0 Å². The highest BCUT2D eigenvalue weighted by Crippen LogP contribution is 2.19. The molecule has 0 spiro atoms. The number of carbonyl (C=O) groups is 1. The van der Waals surface area contributed by atoms with E-state index in [-0.39, 0.29) is 43.0 Å². The lowest BCUT2D eigenvalue weighted by Crippen LogP contribution is -2.55. The van der Waals surface area contributed by atoms with E-state index in [2.05, 4.69) is 15.4 Å². The van der Waals surface area contributed by atoms with Crippen LogP contribution < -0.4 is 10.2 Å². The Hall–Kier alpha value is -1.53. The fourth-order valence-electron chi connectivity index (χ4n) is 2.39. The zero-order valence-electron chi connectivity index (χ0n) is 14.1. The minimum Gasteiger partial charge on any atom is -0.357 e. The van der Waals surface area contributed by atoms with Crippen LogP contribution in [0.15, 0.2) is 17.4 Å². The molecule has 25 heavy (non-hydrogen) atoms. The van der Waals surface area contributed by atoms with Crippen molar-refractivity contribution in [1.29, 1.82) is 0 Å². The van der Waals surface area contributed by atoms with E-state index in [4.69, 9.17) is 0 Å². The number of guanidine groups is 1. The first-order chi connectivity index (χ1) is 11.3. The smallest absolute Gasteiger partial charge is 0.357 e. The third kappa shape index (κ3) is 6.36. The summed E-state index contributed by atoms with van der Waals surface area (Å²) in [6.45, 7) is 2.96.